The predicted molar refractivity (Wildman–Crippen MR) is 273 cm³/mol. The van der Waals surface area contributed by atoms with Crippen LogP contribution in [0.1, 0.15) is 82.3 Å². The Kier molecular flexibility index (Phi) is 21.7. The quantitative estimate of drug-likeness (QED) is 0.0409. The number of fused-ring (bicyclic) bond motifs is 2. The number of guanidine groups is 2. The summed E-state index contributed by atoms with van der Waals surface area (Å²) >= 11 is 0. The lowest BCUT2D eigenvalue weighted by molar-refractivity contribution is -0.143. The minimum atomic E-state index is -1.59. The second-order valence-electron chi connectivity index (χ2n) is 18.5. The third kappa shape index (κ3) is 17.7. The van der Waals surface area contributed by atoms with E-state index in [1.807, 2.05) is 18.2 Å². The van der Waals surface area contributed by atoms with Crippen LogP contribution in [0.25, 0.3) is 10.9 Å². The van der Waals surface area contributed by atoms with E-state index >= 15 is 4.39 Å². The molecule has 3 aromatic rings. The number of H-pyrrole nitrogens is 1. The van der Waals surface area contributed by atoms with Crippen molar-refractivity contribution in [3.8, 4) is 0 Å². The first kappa shape index (κ1) is 57.6. The molecule has 9 amide bonds. The number of hydrogen-bond acceptors (Lipinski definition) is 11. The van der Waals surface area contributed by atoms with Crippen molar-refractivity contribution in [2.24, 2.45) is 17.2 Å². The van der Waals surface area contributed by atoms with E-state index in [1.165, 1.54) is 30.0 Å². The molecule has 3 heterocycles. The van der Waals surface area contributed by atoms with Gasteiger partial charge in [-0.1, -0.05) is 36.4 Å². The second-order valence-corrected chi connectivity index (χ2v) is 18.5. The number of rotatable bonds is 16. The number of halogens is 1. The molecule has 75 heavy (non-hydrogen) atoms. The highest BCUT2D eigenvalue weighted by atomic mass is 19.1. The van der Waals surface area contributed by atoms with Gasteiger partial charge in [0.1, 0.15) is 48.1 Å². The van der Waals surface area contributed by atoms with Gasteiger partial charge in [-0.05, 0) is 81.0 Å². The fourth-order valence-corrected chi connectivity index (χ4v) is 8.97. The molecule has 7 atom stereocenters. The number of carbonyl (C=O) groups is 9. The van der Waals surface area contributed by atoms with Crippen molar-refractivity contribution in [3.63, 3.8) is 0 Å². The molecule has 26 heteroatoms. The Morgan fingerprint density at radius 3 is 2.08 bits per heavy atom. The van der Waals surface area contributed by atoms with E-state index < -0.39 is 114 Å². The number of aromatic amines is 1. The summed E-state index contributed by atoms with van der Waals surface area (Å²) in [5, 5.41) is 39.6. The minimum Gasteiger partial charge on any atom is -0.370 e. The number of hydrogen-bond donors (Lipinski definition) is 15. The fraction of sp³-hybridized carbons (Fsp3) is 0.490. The van der Waals surface area contributed by atoms with Gasteiger partial charge in [0.2, 0.25) is 53.2 Å². The number of nitrogens with two attached hydrogens (primary N) is 3. The summed E-state index contributed by atoms with van der Waals surface area (Å²) in [4.78, 5) is 129. The first-order valence-electron chi connectivity index (χ1n) is 24.9. The summed E-state index contributed by atoms with van der Waals surface area (Å²) in [6, 6.07) is 3.12. The van der Waals surface area contributed by atoms with Gasteiger partial charge in [-0.25, -0.2) is 4.39 Å². The monoisotopic (exact) mass is 1040 g/mol. The van der Waals surface area contributed by atoms with Crippen molar-refractivity contribution in [1.82, 2.24) is 57.7 Å². The molecule has 2 fully saturated rings. The molecule has 5 rings (SSSR count). The molecule has 2 aromatic carbocycles. The van der Waals surface area contributed by atoms with Gasteiger partial charge in [-0.2, -0.15) is 0 Å². The normalized spacial score (nSPS) is 22.0. The maximum absolute atomic E-state index is 15.3. The number of amides is 9. The van der Waals surface area contributed by atoms with E-state index in [0.717, 1.165) is 17.0 Å². The van der Waals surface area contributed by atoms with Crippen LogP contribution in [0.2, 0.25) is 0 Å². The van der Waals surface area contributed by atoms with E-state index in [4.69, 9.17) is 28.0 Å². The summed E-state index contributed by atoms with van der Waals surface area (Å²) in [5.41, 5.74) is 18.0. The van der Waals surface area contributed by atoms with Crippen molar-refractivity contribution >= 4 is 76.0 Å². The first-order chi connectivity index (χ1) is 35.8. The Hall–Kier alpha value is -8.32. The van der Waals surface area contributed by atoms with Gasteiger partial charge in [-0.3, -0.25) is 54.0 Å². The molecule has 2 aliphatic heterocycles. The van der Waals surface area contributed by atoms with Crippen LogP contribution in [-0.2, 0) is 56.0 Å². The SMILES string of the molecule is CC(=O)N[C@@H](CCCNC(=N)N)C(=O)N[C@H]1CC(=O)NCCCCC(C(N)=O)NC(=O)[C@H](Cc2c[nH]c3ccccc23)NC(=O)[C@H](CCCNC(=N)N)NC(=O)[C@@H](Cc2ccccc2F)NC(=O)[C@@H]2CCCN2C1=O. The summed E-state index contributed by atoms with van der Waals surface area (Å²) in [5.74, 6) is -8.58. The Morgan fingerprint density at radius 1 is 0.760 bits per heavy atom. The van der Waals surface area contributed by atoms with Gasteiger partial charge < -0.3 is 74.9 Å². The zero-order valence-corrected chi connectivity index (χ0v) is 41.8. The van der Waals surface area contributed by atoms with Gasteiger partial charge >= 0.3 is 0 Å². The van der Waals surface area contributed by atoms with Crippen LogP contribution in [0.5, 0.6) is 0 Å². The summed E-state index contributed by atoms with van der Waals surface area (Å²) < 4.78 is 15.3. The standard InChI is InChI=1S/C49H69FN16O9/c1-27(67)60-34(16-8-20-57-48(52)53)42(70)65-38-25-40(68)56-19-7-6-15-33(41(51)69)61-44(72)37(24-29-26-59-32-14-5-3-12-30(29)32)63-43(71)35(17-9-21-58-49(54)55)62-45(73)36(23-28-11-2-4-13-31(28)50)64-46(74)39-18-10-22-66(39)47(38)75/h2-5,11-14,26,33-39,59H,6-10,15-25H2,1H3,(H2,51,69)(H,56,68)(H,60,67)(H,61,72)(H,62,73)(H,63,71)(H,64,74)(H,65,70)(H4,52,53,57)(H4,54,55,58)/t33?,34-,35-,36+,37-,38-,39-/m0/s1. The van der Waals surface area contributed by atoms with Crippen LogP contribution < -0.4 is 65.1 Å². The number of nitrogens with one attached hydrogen (secondary N) is 12. The molecule has 0 aliphatic carbocycles. The van der Waals surface area contributed by atoms with Gasteiger partial charge in [0.15, 0.2) is 11.9 Å². The molecule has 2 saturated heterocycles. The lowest BCUT2D eigenvalue weighted by atomic mass is 10.0. The van der Waals surface area contributed by atoms with Crippen LogP contribution in [0.4, 0.5) is 4.39 Å². The molecule has 0 bridgehead atoms. The summed E-state index contributed by atoms with van der Waals surface area (Å²) in [6.07, 6.45) is 1.73. The Balaban J connectivity index is 1.52. The lowest BCUT2D eigenvalue weighted by Gasteiger charge is -2.31. The van der Waals surface area contributed by atoms with Crippen LogP contribution in [-0.4, -0.2) is 143 Å². The third-order valence-electron chi connectivity index (χ3n) is 12.8. The van der Waals surface area contributed by atoms with E-state index in [-0.39, 0.29) is 108 Å². The molecule has 1 unspecified atom stereocenters. The molecule has 18 N–H and O–H groups in total. The largest absolute Gasteiger partial charge is 0.370 e. The average molecular weight is 1050 g/mol. The maximum Gasteiger partial charge on any atom is 0.246 e. The maximum atomic E-state index is 15.3. The van der Waals surface area contributed by atoms with Crippen LogP contribution in [0.3, 0.4) is 0 Å². The fourth-order valence-electron chi connectivity index (χ4n) is 8.97. The molecular formula is C49H69FN16O9. The van der Waals surface area contributed by atoms with Crippen molar-refractivity contribution < 1.29 is 47.5 Å². The molecular weight excluding hydrogens is 976 g/mol. The first-order valence-corrected chi connectivity index (χ1v) is 24.9. The number of nitrogens with zero attached hydrogens (tertiary/aromatic N) is 1. The lowest BCUT2D eigenvalue weighted by Crippen LogP contribution is -2.60. The molecule has 2 aliphatic rings. The number of primary amides is 1. The summed E-state index contributed by atoms with van der Waals surface area (Å²) in [7, 11) is 0. The average Bonchev–Trinajstić information content (AvgIpc) is 4.02. The third-order valence-corrected chi connectivity index (χ3v) is 12.8. The highest BCUT2D eigenvalue weighted by Gasteiger charge is 2.41. The smallest absolute Gasteiger partial charge is 0.246 e. The Labute approximate surface area is 432 Å². The number of aromatic nitrogens is 1. The van der Waals surface area contributed by atoms with Crippen molar-refractivity contribution in [2.45, 2.75) is 126 Å². The number of benzene rings is 2. The van der Waals surface area contributed by atoms with Gasteiger partial charge in [-0.15, -0.1) is 0 Å². The van der Waals surface area contributed by atoms with Gasteiger partial charge in [0.05, 0.1) is 6.42 Å². The second kappa shape index (κ2) is 28.2. The van der Waals surface area contributed by atoms with Crippen molar-refractivity contribution in [1.29, 1.82) is 10.8 Å². The number of para-hydroxylation sites is 1. The van der Waals surface area contributed by atoms with E-state index in [1.54, 1.807) is 12.3 Å². The van der Waals surface area contributed by atoms with E-state index in [2.05, 4.69) is 52.8 Å². The molecule has 406 valence electrons. The minimum absolute atomic E-state index is 0.00896. The highest BCUT2D eigenvalue weighted by Crippen LogP contribution is 2.22. The molecule has 1 aromatic heterocycles. The van der Waals surface area contributed by atoms with Gasteiger partial charge in [0, 0.05) is 63.0 Å². The van der Waals surface area contributed by atoms with Crippen LogP contribution in [0, 0.1) is 16.6 Å². The number of carbonyl (C=O) groups excluding carboxylic acids is 9. The van der Waals surface area contributed by atoms with Gasteiger partial charge in [0.25, 0.3) is 0 Å². The zero-order valence-electron chi connectivity index (χ0n) is 41.8. The highest BCUT2D eigenvalue weighted by molar-refractivity contribution is 5.99. The van der Waals surface area contributed by atoms with E-state index in [9.17, 15) is 43.2 Å². The van der Waals surface area contributed by atoms with Crippen molar-refractivity contribution in [2.75, 3.05) is 26.2 Å². The van der Waals surface area contributed by atoms with Crippen molar-refractivity contribution in [3.05, 3.63) is 71.7 Å². The molecule has 25 nitrogen and oxygen atoms in total. The van der Waals surface area contributed by atoms with Crippen LogP contribution >= 0.6 is 0 Å². The Bertz CT molecular complexity index is 2580. The molecule has 0 radical (unpaired) electrons. The van der Waals surface area contributed by atoms with Crippen LogP contribution in [0.15, 0.2) is 54.7 Å². The molecule has 0 spiro atoms. The molecule has 0 saturated carbocycles. The Morgan fingerprint density at radius 2 is 1.39 bits per heavy atom. The summed E-state index contributed by atoms with van der Waals surface area (Å²) in [6.45, 7) is 1.47. The predicted octanol–water partition coefficient (Wildman–Crippen LogP) is -2.29. The van der Waals surface area contributed by atoms with E-state index in [0.29, 0.717) is 5.56 Å². The zero-order chi connectivity index (χ0) is 54.6. The topological polar surface area (TPSA) is 407 Å².